The second-order valence-corrected chi connectivity index (χ2v) is 6.09. The molecule has 0 saturated carbocycles. The van der Waals surface area contributed by atoms with Crippen molar-refractivity contribution in [1.29, 1.82) is 0 Å². The zero-order valence-corrected chi connectivity index (χ0v) is 13.2. The predicted octanol–water partition coefficient (Wildman–Crippen LogP) is 0.0548. The molecule has 0 aliphatic heterocycles. The van der Waals surface area contributed by atoms with Gasteiger partial charge in [0.2, 0.25) is 5.91 Å². The number of aliphatic hydroxyl groups is 2. The lowest BCUT2D eigenvalue weighted by Gasteiger charge is -2.27. The van der Waals surface area contributed by atoms with E-state index >= 15 is 0 Å². The van der Waals surface area contributed by atoms with Gasteiger partial charge in [-0.3, -0.25) is 9.59 Å². The third-order valence-electron chi connectivity index (χ3n) is 3.15. The minimum Gasteiger partial charge on any atom is -0.396 e. The molecule has 0 aliphatic carbocycles. The first-order valence-corrected chi connectivity index (χ1v) is 7.94. The molecule has 118 valence electrons. The van der Waals surface area contributed by atoms with Crippen molar-refractivity contribution >= 4 is 20.5 Å². The number of Topliss-reactive ketones (excluding diaryl/α,β-unsaturated/α-hetero) is 1. The molecule has 20 heavy (non-hydrogen) atoms. The molecule has 0 aromatic carbocycles. The van der Waals surface area contributed by atoms with Crippen LogP contribution < -0.4 is 5.32 Å². The molecule has 7 heteroatoms. The van der Waals surface area contributed by atoms with Crippen molar-refractivity contribution in [3.8, 4) is 0 Å². The highest BCUT2D eigenvalue weighted by atomic mass is 31.1. The number of rotatable bonds is 11. The zero-order valence-electron chi connectivity index (χ0n) is 12.2. The predicted molar refractivity (Wildman–Crippen MR) is 78.7 cm³/mol. The first kappa shape index (κ1) is 19.4. The average Bonchev–Trinajstić information content (AvgIpc) is 2.42. The molecule has 1 amide bonds. The molecule has 0 aromatic heterocycles. The van der Waals surface area contributed by atoms with Crippen molar-refractivity contribution in [2.24, 2.45) is 11.3 Å². The van der Waals surface area contributed by atoms with Gasteiger partial charge in [0.25, 0.3) is 0 Å². The Morgan fingerprint density at radius 1 is 1.25 bits per heavy atom. The van der Waals surface area contributed by atoms with E-state index < -0.39 is 14.2 Å². The van der Waals surface area contributed by atoms with Crippen LogP contribution in [0.5, 0.6) is 0 Å². The minimum absolute atomic E-state index is 0.0426. The number of carbonyl (C=O) groups excluding carboxylic acids is 2. The summed E-state index contributed by atoms with van der Waals surface area (Å²) in [5.74, 6) is -0.197. The van der Waals surface area contributed by atoms with Gasteiger partial charge in [-0.15, -0.1) is 0 Å². The summed E-state index contributed by atoms with van der Waals surface area (Å²) in [4.78, 5) is 32.1. The Morgan fingerprint density at radius 3 is 2.30 bits per heavy atom. The summed E-state index contributed by atoms with van der Waals surface area (Å²) >= 11 is 0. The molecule has 1 unspecified atom stereocenters. The summed E-state index contributed by atoms with van der Waals surface area (Å²) in [6.45, 7) is 3.38. The van der Waals surface area contributed by atoms with E-state index in [4.69, 9.17) is 4.89 Å². The third-order valence-corrected chi connectivity index (χ3v) is 4.06. The van der Waals surface area contributed by atoms with Gasteiger partial charge in [0.15, 0.2) is 0 Å². The highest BCUT2D eigenvalue weighted by molar-refractivity contribution is 7.31. The van der Waals surface area contributed by atoms with E-state index in [1.165, 1.54) is 0 Å². The second-order valence-electron chi connectivity index (χ2n) is 5.42. The number of aliphatic hydroxyl groups excluding tert-OH is 2. The van der Waals surface area contributed by atoms with E-state index in [0.717, 1.165) is 0 Å². The number of hydrogen-bond donors (Lipinski definition) is 4. The summed E-state index contributed by atoms with van der Waals surface area (Å²) < 4.78 is 0. The van der Waals surface area contributed by atoms with Crippen LogP contribution in [-0.4, -0.2) is 52.7 Å². The Balaban J connectivity index is 4.06. The summed E-state index contributed by atoms with van der Waals surface area (Å²) in [7, 11) is -0.411. The van der Waals surface area contributed by atoms with Crippen molar-refractivity contribution in [1.82, 2.24) is 5.32 Å². The van der Waals surface area contributed by atoms with Gasteiger partial charge in [-0.1, -0.05) is 13.8 Å². The van der Waals surface area contributed by atoms with Crippen LogP contribution in [0.25, 0.3) is 0 Å². The second kappa shape index (κ2) is 10.2. The average molecular weight is 307 g/mol. The van der Waals surface area contributed by atoms with Crippen LogP contribution in [0.1, 0.15) is 33.1 Å². The van der Waals surface area contributed by atoms with E-state index in [-0.39, 0.29) is 49.8 Å². The fourth-order valence-corrected chi connectivity index (χ4v) is 2.40. The van der Waals surface area contributed by atoms with Gasteiger partial charge in [-0.2, -0.15) is 0 Å². The van der Waals surface area contributed by atoms with Crippen molar-refractivity contribution in [3.05, 3.63) is 0 Å². The third kappa shape index (κ3) is 7.29. The van der Waals surface area contributed by atoms with Crippen LogP contribution in [0.15, 0.2) is 0 Å². The summed E-state index contributed by atoms with van der Waals surface area (Å²) in [5, 5.41) is 21.3. The molecule has 0 aromatic rings. The molecular weight excluding hydrogens is 281 g/mol. The van der Waals surface area contributed by atoms with Gasteiger partial charge in [0.1, 0.15) is 5.78 Å². The van der Waals surface area contributed by atoms with Crippen LogP contribution >= 0.6 is 8.81 Å². The Labute approximate surface area is 121 Å². The van der Waals surface area contributed by atoms with E-state index in [1.54, 1.807) is 13.8 Å². The lowest BCUT2D eigenvalue weighted by atomic mass is 9.85. The first-order valence-electron chi connectivity index (χ1n) is 6.79. The highest BCUT2D eigenvalue weighted by Gasteiger charge is 2.31. The van der Waals surface area contributed by atoms with Crippen molar-refractivity contribution in [2.45, 2.75) is 33.1 Å². The largest absolute Gasteiger partial charge is 0.396 e. The molecule has 0 heterocycles. The van der Waals surface area contributed by atoms with Crippen LogP contribution in [0, 0.1) is 11.3 Å². The maximum atomic E-state index is 11.8. The Hall–Kier alpha value is -0.550. The lowest BCUT2D eigenvalue weighted by molar-refractivity contribution is -0.125. The van der Waals surface area contributed by atoms with Crippen molar-refractivity contribution in [3.63, 3.8) is 0 Å². The van der Waals surface area contributed by atoms with E-state index in [9.17, 15) is 19.8 Å². The maximum Gasteiger partial charge on any atom is 0.222 e. The smallest absolute Gasteiger partial charge is 0.222 e. The lowest BCUT2D eigenvalue weighted by Crippen LogP contribution is -2.35. The summed E-state index contributed by atoms with van der Waals surface area (Å²) in [5.41, 5.74) is -0.925. The van der Waals surface area contributed by atoms with Crippen molar-refractivity contribution in [2.75, 3.05) is 25.9 Å². The SMILES string of the molecule is CC(C)C(=O)NCCCC(=O)CC(CO)(CO)CPO. The number of hydrogen-bond acceptors (Lipinski definition) is 5. The van der Waals surface area contributed by atoms with E-state index in [1.807, 2.05) is 0 Å². The molecule has 0 saturated heterocycles. The monoisotopic (exact) mass is 307 g/mol. The normalized spacial score (nSPS) is 12.3. The standard InChI is InChI=1S/C13H26NO5P/c1-10(2)12(18)14-5-3-4-11(17)6-13(7-15,8-16)9-20-19/h10,15-16,19-20H,3-9H2,1-2H3,(H,14,18). The van der Waals surface area contributed by atoms with Crippen LogP contribution in [0.3, 0.4) is 0 Å². The number of amides is 1. The van der Waals surface area contributed by atoms with Gasteiger partial charge < -0.3 is 20.4 Å². The Kier molecular flexibility index (Phi) is 9.94. The summed E-state index contributed by atoms with van der Waals surface area (Å²) in [6, 6.07) is 0. The molecule has 1 atom stereocenters. The molecule has 0 rings (SSSR count). The van der Waals surface area contributed by atoms with Gasteiger partial charge in [-0.05, 0) is 12.6 Å². The van der Waals surface area contributed by atoms with Crippen molar-refractivity contribution < 1.29 is 24.7 Å². The number of nitrogens with one attached hydrogen (secondary N) is 1. The molecule has 0 aliphatic rings. The first-order chi connectivity index (χ1) is 9.40. The maximum absolute atomic E-state index is 11.8. The Bertz CT molecular complexity index is 305. The topological polar surface area (TPSA) is 107 Å². The molecule has 4 N–H and O–H groups in total. The quantitative estimate of drug-likeness (QED) is 0.319. The van der Waals surface area contributed by atoms with Gasteiger partial charge in [0, 0.05) is 39.5 Å². The zero-order chi connectivity index (χ0) is 15.6. The fourth-order valence-electron chi connectivity index (χ4n) is 1.71. The van der Waals surface area contributed by atoms with Gasteiger partial charge >= 0.3 is 0 Å². The van der Waals surface area contributed by atoms with Gasteiger partial charge in [-0.25, -0.2) is 0 Å². The number of carbonyl (C=O) groups is 2. The summed E-state index contributed by atoms with van der Waals surface area (Å²) in [6.07, 6.45) is 1.09. The molecule has 0 spiro atoms. The van der Waals surface area contributed by atoms with Crippen LogP contribution in [-0.2, 0) is 9.59 Å². The van der Waals surface area contributed by atoms with Gasteiger partial charge in [0.05, 0.1) is 13.2 Å². The molecule has 0 fully saturated rings. The van der Waals surface area contributed by atoms with Crippen LogP contribution in [0.2, 0.25) is 0 Å². The molecule has 0 radical (unpaired) electrons. The molecular formula is C13H26NO5P. The number of ketones is 1. The molecule has 0 bridgehead atoms. The minimum atomic E-state index is -0.925. The Morgan fingerprint density at radius 2 is 1.85 bits per heavy atom. The van der Waals surface area contributed by atoms with E-state index in [2.05, 4.69) is 5.32 Å². The highest BCUT2D eigenvalue weighted by Crippen LogP contribution is 2.28. The molecule has 6 nitrogen and oxygen atoms in total. The fraction of sp³-hybridized carbons (Fsp3) is 0.846. The van der Waals surface area contributed by atoms with E-state index in [0.29, 0.717) is 13.0 Å². The van der Waals surface area contributed by atoms with Crippen LogP contribution in [0.4, 0.5) is 0 Å².